The number of hydrogen-bond donors (Lipinski definition) is 2. The van der Waals surface area contributed by atoms with Gasteiger partial charge >= 0.3 is 0 Å². The number of aryl methyl sites for hydroxylation is 1. The monoisotopic (exact) mass is 314 g/mol. The molecule has 0 bridgehead atoms. The van der Waals surface area contributed by atoms with Crippen molar-refractivity contribution >= 4 is 17.7 Å². The molecule has 22 heavy (non-hydrogen) atoms. The van der Waals surface area contributed by atoms with Crippen LogP contribution in [0, 0.1) is 6.92 Å². The van der Waals surface area contributed by atoms with Crippen LogP contribution in [-0.4, -0.2) is 30.3 Å². The summed E-state index contributed by atoms with van der Waals surface area (Å²) in [5, 5.41) is 6.59. The van der Waals surface area contributed by atoms with E-state index in [1.807, 2.05) is 43.0 Å². The van der Waals surface area contributed by atoms with E-state index in [-0.39, 0.29) is 0 Å². The van der Waals surface area contributed by atoms with E-state index in [4.69, 9.17) is 0 Å². The Balaban J connectivity index is 1.69. The van der Waals surface area contributed by atoms with Crippen LogP contribution in [-0.2, 0) is 6.54 Å². The first-order valence-electron chi connectivity index (χ1n) is 7.33. The van der Waals surface area contributed by atoms with Crippen molar-refractivity contribution in [1.29, 1.82) is 0 Å². The quantitative estimate of drug-likeness (QED) is 0.372. The van der Waals surface area contributed by atoms with Crippen LogP contribution in [0.15, 0.2) is 58.4 Å². The van der Waals surface area contributed by atoms with Crippen LogP contribution < -0.4 is 10.6 Å². The molecular formula is C17H22N4S. The average molecular weight is 314 g/mol. The van der Waals surface area contributed by atoms with Crippen LogP contribution in [0.25, 0.3) is 0 Å². The number of benzene rings is 1. The fourth-order valence-electron chi connectivity index (χ4n) is 1.95. The number of hydrogen-bond acceptors (Lipinski definition) is 3. The summed E-state index contributed by atoms with van der Waals surface area (Å²) in [5.41, 5.74) is 2.04. The number of nitrogens with zero attached hydrogens (tertiary/aromatic N) is 2. The Morgan fingerprint density at radius 3 is 2.64 bits per heavy atom. The van der Waals surface area contributed by atoms with E-state index >= 15 is 0 Å². The topological polar surface area (TPSA) is 49.3 Å². The lowest BCUT2D eigenvalue weighted by Gasteiger charge is -2.11. The average Bonchev–Trinajstić information content (AvgIpc) is 2.55. The summed E-state index contributed by atoms with van der Waals surface area (Å²) >= 11 is 1.83. The smallest absolute Gasteiger partial charge is 0.191 e. The third-order valence-electron chi connectivity index (χ3n) is 3.01. The van der Waals surface area contributed by atoms with E-state index in [0.29, 0.717) is 6.54 Å². The molecule has 0 radical (unpaired) electrons. The maximum absolute atomic E-state index is 4.47. The molecule has 0 unspecified atom stereocenters. The summed E-state index contributed by atoms with van der Waals surface area (Å²) in [6.07, 6.45) is 0. The van der Waals surface area contributed by atoms with E-state index in [9.17, 15) is 0 Å². The number of thioether (sulfide) groups is 1. The number of aromatic nitrogens is 1. The second kappa shape index (κ2) is 9.10. The van der Waals surface area contributed by atoms with Gasteiger partial charge in [0.25, 0.3) is 0 Å². The fraction of sp³-hybridized carbons (Fsp3) is 0.294. The maximum Gasteiger partial charge on any atom is 0.191 e. The highest BCUT2D eigenvalue weighted by atomic mass is 32.2. The SMILES string of the molecule is CN=C(NCCSc1ccccc1)NCc1cccc(C)n1. The molecule has 1 aromatic carbocycles. The van der Waals surface area contributed by atoms with Crippen molar-refractivity contribution < 1.29 is 0 Å². The molecule has 0 saturated heterocycles. The Kier molecular flexibility index (Phi) is 6.77. The number of aliphatic imine (C=N–C) groups is 1. The minimum Gasteiger partial charge on any atom is -0.356 e. The Morgan fingerprint density at radius 2 is 1.91 bits per heavy atom. The van der Waals surface area contributed by atoms with Crippen molar-refractivity contribution in [2.24, 2.45) is 4.99 Å². The fourth-order valence-corrected chi connectivity index (χ4v) is 2.74. The van der Waals surface area contributed by atoms with Crippen molar-refractivity contribution in [3.05, 3.63) is 59.9 Å². The van der Waals surface area contributed by atoms with E-state index in [0.717, 1.165) is 29.6 Å². The Bertz CT molecular complexity index is 599. The lowest BCUT2D eigenvalue weighted by Crippen LogP contribution is -2.38. The summed E-state index contributed by atoms with van der Waals surface area (Å²) in [7, 11) is 1.78. The summed E-state index contributed by atoms with van der Waals surface area (Å²) in [4.78, 5) is 9.98. The minimum atomic E-state index is 0.674. The molecule has 2 rings (SSSR count). The zero-order valence-electron chi connectivity index (χ0n) is 13.0. The molecule has 4 nitrogen and oxygen atoms in total. The molecule has 1 heterocycles. The molecule has 0 atom stereocenters. The molecule has 1 aromatic heterocycles. The lowest BCUT2D eigenvalue weighted by atomic mass is 10.3. The molecule has 0 saturated carbocycles. The first kappa shape index (κ1) is 16.4. The molecule has 2 N–H and O–H groups in total. The van der Waals surface area contributed by atoms with E-state index in [1.165, 1.54) is 4.90 Å². The van der Waals surface area contributed by atoms with Crippen LogP contribution in [0.1, 0.15) is 11.4 Å². The third-order valence-corrected chi connectivity index (χ3v) is 4.03. The van der Waals surface area contributed by atoms with Gasteiger partial charge in [0, 0.05) is 29.9 Å². The van der Waals surface area contributed by atoms with Crippen LogP contribution in [0.4, 0.5) is 0 Å². The molecule has 5 heteroatoms. The minimum absolute atomic E-state index is 0.674. The highest BCUT2D eigenvalue weighted by molar-refractivity contribution is 7.99. The molecular weight excluding hydrogens is 292 g/mol. The number of rotatable bonds is 6. The van der Waals surface area contributed by atoms with E-state index in [1.54, 1.807) is 7.05 Å². The molecule has 116 valence electrons. The molecule has 2 aromatic rings. The standard InChI is InChI=1S/C17H22N4S/c1-14-7-6-8-15(21-14)13-20-17(18-2)19-11-12-22-16-9-4-3-5-10-16/h3-10H,11-13H2,1-2H3,(H2,18,19,20). The van der Waals surface area contributed by atoms with Gasteiger partial charge in [0.05, 0.1) is 12.2 Å². The van der Waals surface area contributed by atoms with Crippen molar-refractivity contribution in [1.82, 2.24) is 15.6 Å². The first-order valence-corrected chi connectivity index (χ1v) is 8.31. The van der Waals surface area contributed by atoms with Gasteiger partial charge in [-0.15, -0.1) is 11.8 Å². The zero-order chi connectivity index (χ0) is 15.6. The lowest BCUT2D eigenvalue weighted by molar-refractivity contribution is 0.809. The summed E-state index contributed by atoms with van der Waals surface area (Å²) < 4.78 is 0. The van der Waals surface area contributed by atoms with Gasteiger partial charge < -0.3 is 10.6 Å². The van der Waals surface area contributed by atoms with Crippen LogP contribution in [0.2, 0.25) is 0 Å². The molecule has 0 aliphatic rings. The van der Waals surface area contributed by atoms with Gasteiger partial charge in [-0.05, 0) is 31.2 Å². The second-order valence-electron chi connectivity index (χ2n) is 4.78. The molecule has 0 aliphatic carbocycles. The maximum atomic E-state index is 4.47. The van der Waals surface area contributed by atoms with Gasteiger partial charge in [0.2, 0.25) is 0 Å². The summed E-state index contributed by atoms with van der Waals surface area (Å²) in [6.45, 7) is 3.53. The summed E-state index contributed by atoms with van der Waals surface area (Å²) in [6, 6.07) is 16.4. The Morgan fingerprint density at radius 1 is 1.09 bits per heavy atom. The normalized spacial score (nSPS) is 11.3. The molecule has 0 fully saturated rings. The Hall–Kier alpha value is -2.01. The van der Waals surface area contributed by atoms with Crippen LogP contribution in [0.5, 0.6) is 0 Å². The largest absolute Gasteiger partial charge is 0.356 e. The predicted octanol–water partition coefficient (Wildman–Crippen LogP) is 2.85. The molecule has 0 amide bonds. The van der Waals surface area contributed by atoms with E-state index < -0.39 is 0 Å². The van der Waals surface area contributed by atoms with Crippen LogP contribution in [0.3, 0.4) is 0 Å². The van der Waals surface area contributed by atoms with Gasteiger partial charge in [-0.25, -0.2) is 0 Å². The van der Waals surface area contributed by atoms with Crippen molar-refractivity contribution in [2.75, 3.05) is 19.3 Å². The predicted molar refractivity (Wildman–Crippen MR) is 94.3 cm³/mol. The first-order chi connectivity index (χ1) is 10.8. The van der Waals surface area contributed by atoms with Gasteiger partial charge in [-0.2, -0.15) is 0 Å². The molecule has 0 aliphatic heterocycles. The van der Waals surface area contributed by atoms with Crippen molar-refractivity contribution in [3.8, 4) is 0 Å². The molecule has 0 spiro atoms. The summed E-state index contributed by atoms with van der Waals surface area (Å²) in [5.74, 6) is 1.80. The van der Waals surface area contributed by atoms with Crippen LogP contribution >= 0.6 is 11.8 Å². The van der Waals surface area contributed by atoms with Crippen molar-refractivity contribution in [2.45, 2.75) is 18.4 Å². The Labute approximate surface area is 136 Å². The van der Waals surface area contributed by atoms with Gasteiger partial charge in [-0.3, -0.25) is 9.98 Å². The number of nitrogens with one attached hydrogen (secondary N) is 2. The highest BCUT2D eigenvalue weighted by Gasteiger charge is 1.99. The third kappa shape index (κ3) is 5.77. The number of pyridine rings is 1. The van der Waals surface area contributed by atoms with Gasteiger partial charge in [0.1, 0.15) is 0 Å². The van der Waals surface area contributed by atoms with E-state index in [2.05, 4.69) is 44.9 Å². The van der Waals surface area contributed by atoms with Gasteiger partial charge in [-0.1, -0.05) is 24.3 Å². The zero-order valence-corrected chi connectivity index (χ0v) is 13.9. The number of guanidine groups is 1. The van der Waals surface area contributed by atoms with Crippen molar-refractivity contribution in [3.63, 3.8) is 0 Å². The van der Waals surface area contributed by atoms with Gasteiger partial charge in [0.15, 0.2) is 5.96 Å². The second-order valence-corrected chi connectivity index (χ2v) is 5.95. The highest BCUT2D eigenvalue weighted by Crippen LogP contribution is 2.15.